The molecule has 0 spiro atoms. The van der Waals surface area contributed by atoms with Gasteiger partial charge in [-0.2, -0.15) is 0 Å². The third-order valence-electron chi connectivity index (χ3n) is 4.53. The molecule has 0 aliphatic heterocycles. The Balaban J connectivity index is 1.53. The first kappa shape index (κ1) is 19.9. The molecule has 2 unspecified atom stereocenters. The molecule has 1 N–H and O–H groups in total. The average molecular weight is 405 g/mol. The highest BCUT2D eigenvalue weighted by Gasteiger charge is 2.40. The number of nitrogens with one attached hydrogen (secondary N) is 1. The van der Waals surface area contributed by atoms with Crippen molar-refractivity contribution < 1.29 is 22.9 Å². The number of nitro benzene ring substituents is 1. The monoisotopic (exact) mass is 405 g/mol. The van der Waals surface area contributed by atoms with E-state index in [1.807, 2.05) is 0 Å². The first-order valence-corrected chi connectivity index (χ1v) is 10.4. The van der Waals surface area contributed by atoms with Crippen LogP contribution in [0.5, 0.6) is 5.75 Å². The second-order valence-electron chi connectivity index (χ2n) is 6.47. The van der Waals surface area contributed by atoms with Gasteiger partial charge in [0.15, 0.2) is 0 Å². The first-order chi connectivity index (χ1) is 13.3. The molecule has 0 amide bonds. The summed E-state index contributed by atoms with van der Waals surface area (Å²) in [6.45, 7) is 0. The van der Waals surface area contributed by atoms with E-state index in [-0.39, 0.29) is 23.6 Å². The molecular formula is C18H19N3O6S. The van der Waals surface area contributed by atoms with E-state index in [4.69, 9.17) is 4.74 Å². The predicted octanol–water partition coefficient (Wildman–Crippen LogP) is 1.84. The third-order valence-corrected chi connectivity index (χ3v) is 5.93. The summed E-state index contributed by atoms with van der Waals surface area (Å²) in [6, 6.07) is 9.93. The van der Waals surface area contributed by atoms with Gasteiger partial charge in [0.05, 0.1) is 16.6 Å². The molecular weight excluding hydrogens is 386 g/mol. The largest absolute Gasteiger partial charge is 0.426 e. The van der Waals surface area contributed by atoms with Crippen molar-refractivity contribution in [2.45, 2.75) is 25.3 Å². The lowest BCUT2D eigenvalue weighted by molar-refractivity contribution is -0.384. The molecule has 148 valence electrons. The highest BCUT2D eigenvalue weighted by Crippen LogP contribution is 2.30. The van der Waals surface area contributed by atoms with Gasteiger partial charge in [0.25, 0.3) is 5.69 Å². The molecule has 1 aliphatic carbocycles. The van der Waals surface area contributed by atoms with Crippen LogP contribution in [0.1, 0.15) is 18.5 Å². The Labute approximate surface area is 161 Å². The number of carbonyl (C=O) groups is 1. The zero-order chi connectivity index (χ0) is 20.1. The molecule has 10 heteroatoms. The Morgan fingerprint density at radius 2 is 1.96 bits per heavy atom. The molecule has 1 aromatic carbocycles. The van der Waals surface area contributed by atoms with Crippen LogP contribution in [0.3, 0.4) is 0 Å². The standard InChI is InChI=1S/C18H19N3O6S/c22-18(27-15-6-4-14(5-7-15)21(23)24)16-8-9-17(16)20-28(25,26)12-10-13-3-1-2-11-19-13/h1-7,11,16-17,20H,8-10,12H2. The quantitative estimate of drug-likeness (QED) is 0.307. The second-order valence-corrected chi connectivity index (χ2v) is 8.34. The summed E-state index contributed by atoms with van der Waals surface area (Å²) in [6.07, 6.45) is 2.94. The van der Waals surface area contributed by atoms with E-state index in [1.54, 1.807) is 24.4 Å². The fraction of sp³-hybridized carbons (Fsp3) is 0.333. The Morgan fingerprint density at radius 3 is 2.54 bits per heavy atom. The Kier molecular flexibility index (Phi) is 6.00. The van der Waals surface area contributed by atoms with Crippen molar-refractivity contribution in [3.8, 4) is 5.75 Å². The van der Waals surface area contributed by atoms with Gasteiger partial charge in [0.2, 0.25) is 10.0 Å². The number of rotatable bonds is 8. The number of pyridine rings is 1. The van der Waals surface area contributed by atoms with Gasteiger partial charge in [0.1, 0.15) is 5.75 Å². The molecule has 1 heterocycles. The molecule has 1 fully saturated rings. The predicted molar refractivity (Wildman–Crippen MR) is 100 cm³/mol. The van der Waals surface area contributed by atoms with Crippen molar-refractivity contribution in [1.29, 1.82) is 0 Å². The highest BCUT2D eigenvalue weighted by atomic mass is 32.2. The highest BCUT2D eigenvalue weighted by molar-refractivity contribution is 7.89. The number of nitro groups is 1. The molecule has 1 aromatic heterocycles. The molecule has 28 heavy (non-hydrogen) atoms. The topological polar surface area (TPSA) is 128 Å². The lowest BCUT2D eigenvalue weighted by Crippen LogP contribution is -2.51. The Bertz CT molecular complexity index is 947. The van der Waals surface area contributed by atoms with Gasteiger partial charge in [-0.05, 0) is 37.1 Å². The lowest BCUT2D eigenvalue weighted by atomic mass is 9.80. The fourth-order valence-corrected chi connectivity index (χ4v) is 4.16. The minimum absolute atomic E-state index is 0.109. The minimum Gasteiger partial charge on any atom is -0.426 e. The van der Waals surface area contributed by atoms with Crippen molar-refractivity contribution in [3.05, 3.63) is 64.5 Å². The molecule has 0 radical (unpaired) electrons. The zero-order valence-electron chi connectivity index (χ0n) is 14.9. The van der Waals surface area contributed by atoms with E-state index in [0.717, 1.165) is 0 Å². The van der Waals surface area contributed by atoms with Crippen LogP contribution < -0.4 is 9.46 Å². The SMILES string of the molecule is O=C(Oc1ccc([N+](=O)[O-])cc1)C1CCC1NS(=O)(=O)CCc1ccccn1. The van der Waals surface area contributed by atoms with E-state index in [9.17, 15) is 23.3 Å². The number of esters is 1. The van der Waals surface area contributed by atoms with Crippen LogP contribution >= 0.6 is 0 Å². The van der Waals surface area contributed by atoms with Gasteiger partial charge >= 0.3 is 5.97 Å². The molecule has 9 nitrogen and oxygen atoms in total. The minimum atomic E-state index is -3.57. The van der Waals surface area contributed by atoms with Gasteiger partial charge in [-0.3, -0.25) is 19.9 Å². The average Bonchev–Trinajstić information content (AvgIpc) is 2.65. The van der Waals surface area contributed by atoms with E-state index >= 15 is 0 Å². The fourth-order valence-electron chi connectivity index (χ4n) is 2.83. The number of sulfonamides is 1. The van der Waals surface area contributed by atoms with E-state index in [0.29, 0.717) is 18.5 Å². The summed E-state index contributed by atoms with van der Waals surface area (Å²) >= 11 is 0. The molecule has 2 aromatic rings. The van der Waals surface area contributed by atoms with Crippen molar-refractivity contribution in [2.75, 3.05) is 5.75 Å². The lowest BCUT2D eigenvalue weighted by Gasteiger charge is -2.34. The number of nitrogens with zero attached hydrogens (tertiary/aromatic N) is 2. The number of hydrogen-bond acceptors (Lipinski definition) is 7. The normalized spacial score (nSPS) is 18.9. The van der Waals surface area contributed by atoms with Crippen LogP contribution in [0, 0.1) is 16.0 Å². The van der Waals surface area contributed by atoms with E-state index in [1.165, 1.54) is 24.3 Å². The van der Waals surface area contributed by atoms with Crippen LogP contribution in [-0.4, -0.2) is 36.1 Å². The van der Waals surface area contributed by atoms with Crippen molar-refractivity contribution in [1.82, 2.24) is 9.71 Å². The number of hydrogen-bond donors (Lipinski definition) is 1. The number of aryl methyl sites for hydroxylation is 1. The first-order valence-electron chi connectivity index (χ1n) is 8.70. The molecule has 3 rings (SSSR count). The number of non-ortho nitro benzene ring substituents is 1. The molecule has 2 atom stereocenters. The zero-order valence-corrected chi connectivity index (χ0v) is 15.7. The summed E-state index contributed by atoms with van der Waals surface area (Å²) in [7, 11) is -3.57. The van der Waals surface area contributed by atoms with Crippen LogP contribution in [0.2, 0.25) is 0 Å². The maximum absolute atomic E-state index is 12.3. The molecule has 0 saturated heterocycles. The third kappa shape index (κ3) is 5.11. The summed E-state index contributed by atoms with van der Waals surface area (Å²) in [4.78, 5) is 26.5. The molecule has 1 saturated carbocycles. The van der Waals surface area contributed by atoms with Crippen molar-refractivity contribution in [3.63, 3.8) is 0 Å². The van der Waals surface area contributed by atoms with Gasteiger partial charge in [-0.25, -0.2) is 13.1 Å². The summed E-state index contributed by atoms with van der Waals surface area (Å²) in [5, 5.41) is 10.6. The number of aromatic nitrogens is 1. The smallest absolute Gasteiger partial charge is 0.315 e. The number of ether oxygens (including phenoxy) is 1. The van der Waals surface area contributed by atoms with Crippen LogP contribution in [-0.2, 0) is 21.2 Å². The van der Waals surface area contributed by atoms with E-state index in [2.05, 4.69) is 9.71 Å². The van der Waals surface area contributed by atoms with Crippen molar-refractivity contribution in [2.24, 2.45) is 5.92 Å². The van der Waals surface area contributed by atoms with Gasteiger partial charge in [0, 0.05) is 36.5 Å². The summed E-state index contributed by atoms with van der Waals surface area (Å²) in [5.74, 6) is -1.08. The molecule has 1 aliphatic rings. The van der Waals surface area contributed by atoms with E-state index < -0.39 is 32.9 Å². The van der Waals surface area contributed by atoms with Crippen LogP contribution in [0.25, 0.3) is 0 Å². The maximum atomic E-state index is 12.3. The summed E-state index contributed by atoms with van der Waals surface area (Å²) in [5.41, 5.74) is 0.567. The summed E-state index contributed by atoms with van der Waals surface area (Å²) < 4.78 is 32.3. The van der Waals surface area contributed by atoms with Gasteiger partial charge in [-0.1, -0.05) is 6.07 Å². The van der Waals surface area contributed by atoms with Crippen molar-refractivity contribution >= 4 is 21.7 Å². The number of carbonyl (C=O) groups excluding carboxylic acids is 1. The molecule has 0 bridgehead atoms. The maximum Gasteiger partial charge on any atom is 0.315 e. The second kappa shape index (κ2) is 8.44. The number of benzene rings is 1. The Hall–Kier alpha value is -2.85. The van der Waals surface area contributed by atoms with Gasteiger partial charge < -0.3 is 4.74 Å². The van der Waals surface area contributed by atoms with Crippen LogP contribution in [0.4, 0.5) is 5.69 Å². The Morgan fingerprint density at radius 1 is 1.21 bits per heavy atom. The van der Waals surface area contributed by atoms with Crippen LogP contribution in [0.15, 0.2) is 48.7 Å². The van der Waals surface area contributed by atoms with Gasteiger partial charge in [-0.15, -0.1) is 0 Å².